The predicted octanol–water partition coefficient (Wildman–Crippen LogP) is 2.72. The Morgan fingerprint density at radius 2 is 1.87 bits per heavy atom. The summed E-state index contributed by atoms with van der Waals surface area (Å²) in [5, 5.41) is 0. The van der Waals surface area contributed by atoms with Crippen LogP contribution in [0.2, 0.25) is 0 Å². The van der Waals surface area contributed by atoms with Crippen LogP contribution >= 0.6 is 0 Å². The van der Waals surface area contributed by atoms with Gasteiger partial charge in [0.1, 0.15) is 5.69 Å². The molecular formula is C17H24N2O3S. The first-order valence-corrected chi connectivity index (χ1v) is 10.1. The van der Waals surface area contributed by atoms with Gasteiger partial charge in [0.2, 0.25) is 0 Å². The Bertz CT molecular complexity index is 718. The highest BCUT2D eigenvalue weighted by atomic mass is 32.2. The summed E-state index contributed by atoms with van der Waals surface area (Å²) in [6.07, 6.45) is 8.67. The molecule has 1 aromatic rings. The van der Waals surface area contributed by atoms with Crippen LogP contribution in [-0.2, 0) is 9.84 Å². The van der Waals surface area contributed by atoms with E-state index in [0.29, 0.717) is 10.5 Å². The average Bonchev–Trinajstić information content (AvgIpc) is 3.30. The Labute approximate surface area is 137 Å². The van der Waals surface area contributed by atoms with Gasteiger partial charge in [0, 0.05) is 6.20 Å². The van der Waals surface area contributed by atoms with Crippen molar-refractivity contribution >= 4 is 15.7 Å². The first kappa shape index (κ1) is 16.4. The van der Waals surface area contributed by atoms with Crippen LogP contribution in [0.3, 0.4) is 0 Å². The molecule has 3 rings (SSSR count). The lowest BCUT2D eigenvalue weighted by atomic mass is 9.82. The van der Waals surface area contributed by atoms with E-state index >= 15 is 0 Å². The third kappa shape index (κ3) is 3.42. The normalized spacial score (nSPS) is 19.7. The van der Waals surface area contributed by atoms with Crippen molar-refractivity contribution in [1.29, 1.82) is 0 Å². The highest BCUT2D eigenvalue weighted by Crippen LogP contribution is 2.40. The lowest BCUT2D eigenvalue weighted by Crippen LogP contribution is -2.21. The lowest BCUT2D eigenvalue weighted by molar-refractivity contribution is 0.0994. The molecule has 0 spiro atoms. The molecule has 126 valence electrons. The summed E-state index contributed by atoms with van der Waals surface area (Å²) in [5.41, 5.74) is 7.07. The molecule has 0 aromatic carbocycles. The molecule has 2 saturated carbocycles. The van der Waals surface area contributed by atoms with Crippen LogP contribution in [0.4, 0.5) is 0 Å². The summed E-state index contributed by atoms with van der Waals surface area (Å²) >= 11 is 0. The maximum Gasteiger partial charge on any atom is 0.267 e. The maximum absolute atomic E-state index is 12.8. The molecule has 0 saturated heterocycles. The Morgan fingerprint density at radius 3 is 2.43 bits per heavy atom. The number of carbonyl (C=O) groups is 1. The van der Waals surface area contributed by atoms with Gasteiger partial charge in [0.15, 0.2) is 9.84 Å². The summed E-state index contributed by atoms with van der Waals surface area (Å²) in [6.45, 7) is 1.78. The van der Waals surface area contributed by atoms with Crippen LogP contribution in [0, 0.1) is 12.8 Å². The van der Waals surface area contributed by atoms with Crippen LogP contribution in [0.15, 0.2) is 11.1 Å². The van der Waals surface area contributed by atoms with E-state index < -0.39 is 15.7 Å². The molecule has 0 atom stereocenters. The number of aromatic nitrogens is 1. The summed E-state index contributed by atoms with van der Waals surface area (Å²) in [4.78, 5) is 16.0. The van der Waals surface area contributed by atoms with Gasteiger partial charge in [-0.05, 0) is 55.6 Å². The molecule has 6 heteroatoms. The predicted molar refractivity (Wildman–Crippen MR) is 88.1 cm³/mol. The van der Waals surface area contributed by atoms with Crippen LogP contribution in [-0.4, -0.2) is 25.1 Å². The van der Waals surface area contributed by atoms with Crippen LogP contribution in [0.25, 0.3) is 0 Å². The number of rotatable bonds is 5. The number of sulfone groups is 1. The fourth-order valence-corrected chi connectivity index (χ4v) is 5.68. The van der Waals surface area contributed by atoms with Crippen LogP contribution in [0.5, 0.6) is 0 Å². The van der Waals surface area contributed by atoms with E-state index in [1.54, 1.807) is 6.92 Å². The van der Waals surface area contributed by atoms with Crippen molar-refractivity contribution in [3.63, 3.8) is 0 Å². The fraction of sp³-hybridized carbons (Fsp3) is 0.647. The summed E-state index contributed by atoms with van der Waals surface area (Å²) in [5.74, 6) is 0.0823. The highest BCUT2D eigenvalue weighted by Gasteiger charge is 2.33. The third-order valence-electron chi connectivity index (χ3n) is 5.07. The molecule has 2 N–H and O–H groups in total. The third-order valence-corrected chi connectivity index (χ3v) is 6.98. The molecule has 5 nitrogen and oxygen atoms in total. The molecule has 0 radical (unpaired) electrons. The molecule has 1 aromatic heterocycles. The molecule has 1 heterocycles. The van der Waals surface area contributed by atoms with Gasteiger partial charge in [-0.2, -0.15) is 0 Å². The number of pyridine rings is 1. The van der Waals surface area contributed by atoms with Gasteiger partial charge >= 0.3 is 0 Å². The van der Waals surface area contributed by atoms with Gasteiger partial charge < -0.3 is 5.73 Å². The molecule has 23 heavy (non-hydrogen) atoms. The van der Waals surface area contributed by atoms with Crippen molar-refractivity contribution in [2.45, 2.75) is 62.7 Å². The standard InChI is InChI=1S/C17H24N2O3S/c1-11-15(13-5-3-2-4-6-13)14(9-19-16(11)17(18)20)23(21,22)10-12-7-8-12/h9,12-13H,2-8,10H2,1H3,(H2,18,20). The number of hydrogen-bond donors (Lipinski definition) is 1. The van der Waals surface area contributed by atoms with E-state index in [1.807, 2.05) is 0 Å². The molecule has 2 fully saturated rings. The molecule has 0 unspecified atom stereocenters. The first-order chi connectivity index (χ1) is 10.9. The molecule has 2 aliphatic carbocycles. The molecule has 2 aliphatic rings. The van der Waals surface area contributed by atoms with E-state index in [-0.39, 0.29) is 23.3 Å². The largest absolute Gasteiger partial charge is 0.364 e. The van der Waals surface area contributed by atoms with Gasteiger partial charge in [-0.15, -0.1) is 0 Å². The van der Waals surface area contributed by atoms with Crippen LogP contribution in [0.1, 0.15) is 72.5 Å². The molecule has 0 bridgehead atoms. The minimum atomic E-state index is -3.36. The van der Waals surface area contributed by atoms with Crippen molar-refractivity contribution in [3.05, 3.63) is 23.0 Å². The van der Waals surface area contributed by atoms with Gasteiger partial charge in [0.25, 0.3) is 5.91 Å². The Kier molecular flexibility index (Phi) is 4.45. The Hall–Kier alpha value is -1.43. The number of amides is 1. The SMILES string of the molecule is Cc1c(C(N)=O)ncc(S(=O)(=O)CC2CC2)c1C1CCCCC1. The van der Waals surface area contributed by atoms with Gasteiger partial charge in [0.05, 0.1) is 10.6 Å². The van der Waals surface area contributed by atoms with Crippen molar-refractivity contribution in [1.82, 2.24) is 4.98 Å². The zero-order valence-corrected chi connectivity index (χ0v) is 14.4. The second kappa shape index (κ2) is 6.23. The lowest BCUT2D eigenvalue weighted by Gasteiger charge is -2.26. The van der Waals surface area contributed by atoms with Gasteiger partial charge in [-0.25, -0.2) is 13.4 Å². The number of primary amides is 1. The van der Waals surface area contributed by atoms with Crippen molar-refractivity contribution < 1.29 is 13.2 Å². The number of hydrogen-bond acceptors (Lipinski definition) is 4. The Morgan fingerprint density at radius 1 is 1.22 bits per heavy atom. The average molecular weight is 336 g/mol. The van der Waals surface area contributed by atoms with Gasteiger partial charge in [-0.1, -0.05) is 19.3 Å². The van der Waals surface area contributed by atoms with Crippen molar-refractivity contribution in [3.8, 4) is 0 Å². The molecular weight excluding hydrogens is 312 g/mol. The summed E-state index contributed by atoms with van der Waals surface area (Å²) < 4.78 is 25.6. The monoisotopic (exact) mass is 336 g/mol. The smallest absolute Gasteiger partial charge is 0.267 e. The molecule has 0 aliphatic heterocycles. The van der Waals surface area contributed by atoms with E-state index in [1.165, 1.54) is 12.6 Å². The van der Waals surface area contributed by atoms with E-state index in [4.69, 9.17) is 5.73 Å². The van der Waals surface area contributed by atoms with Crippen LogP contribution < -0.4 is 5.73 Å². The zero-order chi connectivity index (χ0) is 16.6. The second-order valence-corrected chi connectivity index (χ2v) is 8.94. The van der Waals surface area contributed by atoms with Gasteiger partial charge in [-0.3, -0.25) is 4.79 Å². The zero-order valence-electron chi connectivity index (χ0n) is 13.5. The number of nitrogens with two attached hydrogens (primary N) is 1. The van der Waals surface area contributed by atoms with Crippen molar-refractivity contribution in [2.24, 2.45) is 11.7 Å². The fourth-order valence-electron chi connectivity index (χ4n) is 3.68. The molecule has 1 amide bonds. The summed E-state index contributed by atoms with van der Waals surface area (Å²) in [6, 6.07) is 0. The van der Waals surface area contributed by atoms with Crippen molar-refractivity contribution in [2.75, 3.05) is 5.75 Å². The van der Waals surface area contributed by atoms with E-state index in [9.17, 15) is 13.2 Å². The summed E-state index contributed by atoms with van der Waals surface area (Å²) in [7, 11) is -3.36. The minimum absolute atomic E-state index is 0.189. The highest BCUT2D eigenvalue weighted by molar-refractivity contribution is 7.91. The maximum atomic E-state index is 12.8. The minimum Gasteiger partial charge on any atom is -0.364 e. The quantitative estimate of drug-likeness (QED) is 0.895. The number of nitrogens with zero attached hydrogens (tertiary/aromatic N) is 1. The van der Waals surface area contributed by atoms with E-state index in [0.717, 1.165) is 44.1 Å². The topological polar surface area (TPSA) is 90.1 Å². The number of carbonyl (C=O) groups excluding carboxylic acids is 1. The first-order valence-electron chi connectivity index (χ1n) is 8.42. The van der Waals surface area contributed by atoms with E-state index in [2.05, 4.69) is 4.98 Å². The second-order valence-electron chi connectivity index (χ2n) is 6.93. The Balaban J connectivity index is 2.10.